The number of hydrogen-bond donors (Lipinski definition) is 0. The summed E-state index contributed by atoms with van der Waals surface area (Å²) in [4.78, 5) is 4.90. The number of aryl methyl sites for hydroxylation is 1. The van der Waals surface area contributed by atoms with Gasteiger partial charge in [0.05, 0.1) is 4.90 Å². The minimum atomic E-state index is -1.50. The van der Waals surface area contributed by atoms with Gasteiger partial charge in [-0.3, -0.25) is 4.98 Å². The molecular weight excluding hydrogens is 286 g/mol. The van der Waals surface area contributed by atoms with Gasteiger partial charge in [-0.15, -0.1) is 0 Å². The van der Waals surface area contributed by atoms with Crippen LogP contribution in [0.2, 0.25) is 0 Å². The van der Waals surface area contributed by atoms with Crippen LogP contribution in [0.4, 0.5) is 0 Å². The molecule has 0 spiro atoms. The lowest BCUT2D eigenvalue weighted by atomic mass is 10.1. The molecule has 0 saturated carbocycles. The molecule has 0 bridgehead atoms. The van der Waals surface area contributed by atoms with Gasteiger partial charge in [0, 0.05) is 17.3 Å². The Labute approximate surface area is 125 Å². The Morgan fingerprint density at radius 3 is 2.57 bits per heavy atom. The molecule has 108 valence electrons. The van der Waals surface area contributed by atoms with E-state index in [2.05, 4.69) is 4.98 Å². The summed E-state index contributed by atoms with van der Waals surface area (Å²) in [7, 11) is 0. The van der Waals surface area contributed by atoms with Crippen LogP contribution in [0.15, 0.2) is 65.7 Å². The standard InChI is InChI=1S/C16H13NO2S.H2O/c1-12-16-8-7-14(11-13(16)9-10-17-12)19-20(18)15-5-3-2-4-6-15;/h2-11H,1H3;1H2. The van der Waals surface area contributed by atoms with E-state index < -0.39 is 11.1 Å². The molecule has 0 radical (unpaired) electrons. The molecule has 2 N–H and O–H groups in total. The van der Waals surface area contributed by atoms with Crippen molar-refractivity contribution in [3.63, 3.8) is 0 Å². The monoisotopic (exact) mass is 301 g/mol. The van der Waals surface area contributed by atoms with Crippen LogP contribution in [0.3, 0.4) is 0 Å². The van der Waals surface area contributed by atoms with Crippen molar-refractivity contribution < 1.29 is 13.9 Å². The second kappa shape index (κ2) is 6.47. The van der Waals surface area contributed by atoms with Crippen molar-refractivity contribution in [3.8, 4) is 5.75 Å². The minimum absolute atomic E-state index is 0. The van der Waals surface area contributed by atoms with E-state index in [4.69, 9.17) is 4.18 Å². The van der Waals surface area contributed by atoms with Crippen molar-refractivity contribution in [2.24, 2.45) is 0 Å². The first kappa shape index (κ1) is 15.2. The summed E-state index contributed by atoms with van der Waals surface area (Å²) >= 11 is -1.50. The Balaban J connectivity index is 0.00000161. The van der Waals surface area contributed by atoms with Crippen LogP contribution in [-0.4, -0.2) is 14.7 Å². The Morgan fingerprint density at radius 1 is 1.05 bits per heavy atom. The first-order valence-corrected chi connectivity index (χ1v) is 7.32. The Morgan fingerprint density at radius 2 is 1.81 bits per heavy atom. The van der Waals surface area contributed by atoms with Gasteiger partial charge in [-0.1, -0.05) is 18.2 Å². The van der Waals surface area contributed by atoms with Gasteiger partial charge in [0.15, 0.2) is 0 Å². The van der Waals surface area contributed by atoms with Crippen LogP contribution in [0.25, 0.3) is 10.8 Å². The third-order valence-electron chi connectivity index (χ3n) is 3.04. The van der Waals surface area contributed by atoms with Crippen molar-refractivity contribution in [1.29, 1.82) is 0 Å². The lowest BCUT2D eigenvalue weighted by Gasteiger charge is -2.07. The van der Waals surface area contributed by atoms with Crippen molar-refractivity contribution >= 4 is 21.9 Å². The normalized spacial score (nSPS) is 11.7. The lowest BCUT2D eigenvalue weighted by Crippen LogP contribution is -2.00. The van der Waals surface area contributed by atoms with Gasteiger partial charge in [-0.2, -0.15) is 0 Å². The highest BCUT2D eigenvalue weighted by Crippen LogP contribution is 2.23. The molecule has 5 heteroatoms. The summed E-state index contributed by atoms with van der Waals surface area (Å²) in [6.45, 7) is 1.96. The second-order valence-electron chi connectivity index (χ2n) is 4.41. The van der Waals surface area contributed by atoms with E-state index in [1.165, 1.54) is 0 Å². The summed E-state index contributed by atoms with van der Waals surface area (Å²) < 4.78 is 17.6. The third kappa shape index (κ3) is 3.26. The highest BCUT2D eigenvalue weighted by molar-refractivity contribution is 7.80. The summed E-state index contributed by atoms with van der Waals surface area (Å²) in [5, 5.41) is 2.10. The maximum Gasteiger partial charge on any atom is 0.240 e. The molecule has 0 aliphatic heterocycles. The van der Waals surface area contributed by atoms with Gasteiger partial charge < -0.3 is 9.66 Å². The first-order chi connectivity index (χ1) is 9.74. The van der Waals surface area contributed by atoms with E-state index in [1.807, 2.05) is 49.4 Å². The number of aromatic nitrogens is 1. The Bertz CT molecular complexity index is 775. The van der Waals surface area contributed by atoms with Gasteiger partial charge in [-0.25, -0.2) is 4.21 Å². The topological polar surface area (TPSA) is 70.7 Å². The quantitative estimate of drug-likeness (QED) is 0.747. The summed E-state index contributed by atoms with van der Waals surface area (Å²) in [6, 6.07) is 16.7. The Hall–Kier alpha value is -2.24. The van der Waals surface area contributed by atoms with Crippen LogP contribution in [0, 0.1) is 6.92 Å². The van der Waals surface area contributed by atoms with E-state index in [-0.39, 0.29) is 5.48 Å². The van der Waals surface area contributed by atoms with Crippen LogP contribution in [-0.2, 0) is 11.1 Å². The maximum absolute atomic E-state index is 12.1. The highest BCUT2D eigenvalue weighted by atomic mass is 32.2. The summed E-state index contributed by atoms with van der Waals surface area (Å²) in [5.41, 5.74) is 0.971. The molecule has 1 aromatic heterocycles. The second-order valence-corrected chi connectivity index (χ2v) is 5.52. The smallest absolute Gasteiger partial charge is 0.240 e. The fraction of sp³-hybridized carbons (Fsp3) is 0.0625. The predicted octanol–water partition coefficient (Wildman–Crippen LogP) is 2.82. The average molecular weight is 301 g/mol. The van der Waals surface area contributed by atoms with Crippen LogP contribution < -0.4 is 4.18 Å². The molecule has 0 fully saturated rings. The summed E-state index contributed by atoms with van der Waals surface area (Å²) in [5.74, 6) is 0.588. The van der Waals surface area contributed by atoms with E-state index in [0.29, 0.717) is 10.6 Å². The molecule has 4 nitrogen and oxygen atoms in total. The van der Waals surface area contributed by atoms with Crippen LogP contribution in [0.1, 0.15) is 5.69 Å². The molecule has 21 heavy (non-hydrogen) atoms. The molecule has 0 saturated heterocycles. The predicted molar refractivity (Wildman–Crippen MR) is 83.6 cm³/mol. The molecular formula is C16H15NO3S. The van der Waals surface area contributed by atoms with Crippen LogP contribution >= 0.6 is 0 Å². The van der Waals surface area contributed by atoms with Gasteiger partial charge in [-0.05, 0) is 48.7 Å². The minimum Gasteiger partial charge on any atom is -0.412 e. The van der Waals surface area contributed by atoms with E-state index in [0.717, 1.165) is 16.5 Å². The van der Waals surface area contributed by atoms with Gasteiger partial charge in [0.25, 0.3) is 0 Å². The van der Waals surface area contributed by atoms with Crippen molar-refractivity contribution in [2.75, 3.05) is 0 Å². The molecule has 1 unspecified atom stereocenters. The number of pyridine rings is 1. The number of rotatable bonds is 3. The molecule has 2 aromatic carbocycles. The SMILES string of the molecule is Cc1nccc2cc(OS(=O)c3ccccc3)ccc12.O. The molecule has 3 aromatic rings. The third-order valence-corrected chi connectivity index (χ3v) is 4.04. The summed E-state index contributed by atoms with van der Waals surface area (Å²) in [6.07, 6.45) is 1.76. The average Bonchev–Trinajstić information content (AvgIpc) is 2.48. The molecule has 1 atom stereocenters. The number of nitrogens with zero attached hydrogens (tertiary/aromatic N) is 1. The van der Waals surface area contributed by atoms with Crippen molar-refractivity contribution in [1.82, 2.24) is 4.98 Å². The van der Waals surface area contributed by atoms with Crippen molar-refractivity contribution in [2.45, 2.75) is 11.8 Å². The fourth-order valence-electron chi connectivity index (χ4n) is 2.03. The molecule has 0 aliphatic rings. The largest absolute Gasteiger partial charge is 0.412 e. The van der Waals surface area contributed by atoms with Gasteiger partial charge >= 0.3 is 0 Å². The van der Waals surface area contributed by atoms with Gasteiger partial charge in [0.1, 0.15) is 5.75 Å². The zero-order chi connectivity index (χ0) is 13.9. The zero-order valence-electron chi connectivity index (χ0n) is 11.4. The van der Waals surface area contributed by atoms with E-state index >= 15 is 0 Å². The number of fused-ring (bicyclic) bond motifs is 1. The molecule has 0 aliphatic carbocycles. The van der Waals surface area contributed by atoms with Crippen molar-refractivity contribution in [3.05, 3.63) is 66.5 Å². The number of benzene rings is 2. The highest BCUT2D eigenvalue weighted by Gasteiger charge is 2.07. The zero-order valence-corrected chi connectivity index (χ0v) is 12.3. The molecule has 3 rings (SSSR count). The van der Waals surface area contributed by atoms with Crippen LogP contribution in [0.5, 0.6) is 5.75 Å². The van der Waals surface area contributed by atoms with E-state index in [1.54, 1.807) is 18.3 Å². The molecule has 1 heterocycles. The Kier molecular flexibility index (Phi) is 4.67. The van der Waals surface area contributed by atoms with E-state index in [9.17, 15) is 4.21 Å². The molecule has 0 amide bonds. The number of hydrogen-bond acceptors (Lipinski definition) is 3. The first-order valence-electron chi connectivity index (χ1n) is 6.24. The van der Waals surface area contributed by atoms with Gasteiger partial charge in [0.2, 0.25) is 11.1 Å². The maximum atomic E-state index is 12.1. The fourth-order valence-corrected chi connectivity index (χ4v) is 2.78. The lowest BCUT2D eigenvalue weighted by molar-refractivity contribution is 0.562.